The zero-order valence-corrected chi connectivity index (χ0v) is 10.8. The van der Waals surface area contributed by atoms with Crippen LogP contribution in [0.4, 0.5) is 0 Å². The van der Waals surface area contributed by atoms with Gasteiger partial charge in [0, 0.05) is 18.2 Å². The lowest BCUT2D eigenvalue weighted by Gasteiger charge is -2.26. The van der Waals surface area contributed by atoms with Crippen LogP contribution in [0.2, 0.25) is 0 Å². The van der Waals surface area contributed by atoms with Crippen LogP contribution in [-0.4, -0.2) is 16.9 Å². The zero-order chi connectivity index (χ0) is 13.0. The van der Waals surface area contributed by atoms with E-state index < -0.39 is 0 Å². The number of nitrogens with zero attached hydrogens (tertiary/aromatic N) is 1. The molecule has 1 heterocycles. The summed E-state index contributed by atoms with van der Waals surface area (Å²) in [6.07, 6.45) is 5.47. The van der Waals surface area contributed by atoms with Gasteiger partial charge in [-0.2, -0.15) is 0 Å². The summed E-state index contributed by atoms with van der Waals surface area (Å²) in [6.45, 7) is 1.97. The van der Waals surface area contributed by atoms with Crippen molar-refractivity contribution in [2.75, 3.05) is 0 Å². The van der Waals surface area contributed by atoms with E-state index in [0.29, 0.717) is 0 Å². The predicted octanol–water partition coefficient (Wildman–Crippen LogP) is 1.78. The standard InChI is InChI=1S/C14H21N3O/c1-10(13-4-2-3-9-16-13)17-14(18)11-5-7-12(15)8-6-11/h2-4,9-12H,5-8,15H2,1H3,(H,17,18)/t10-,11?,12?/m1/s1. The van der Waals surface area contributed by atoms with Crippen molar-refractivity contribution in [3.8, 4) is 0 Å². The number of hydrogen-bond donors (Lipinski definition) is 2. The number of hydrogen-bond acceptors (Lipinski definition) is 3. The molecule has 1 aromatic rings. The Labute approximate surface area is 108 Å². The maximum atomic E-state index is 12.1. The highest BCUT2D eigenvalue weighted by Gasteiger charge is 2.25. The van der Waals surface area contributed by atoms with Gasteiger partial charge < -0.3 is 11.1 Å². The molecule has 0 bridgehead atoms. The minimum absolute atomic E-state index is 0.0331. The Morgan fingerprint density at radius 3 is 2.72 bits per heavy atom. The van der Waals surface area contributed by atoms with Gasteiger partial charge >= 0.3 is 0 Å². The Bertz CT molecular complexity index is 385. The Balaban J connectivity index is 1.87. The molecular weight excluding hydrogens is 226 g/mol. The summed E-state index contributed by atoms with van der Waals surface area (Å²) in [6, 6.07) is 5.99. The van der Waals surface area contributed by atoms with Crippen LogP contribution in [0.25, 0.3) is 0 Å². The molecule has 98 valence electrons. The van der Waals surface area contributed by atoms with Gasteiger partial charge in [0.2, 0.25) is 5.91 Å². The molecule has 1 aromatic heterocycles. The molecule has 1 fully saturated rings. The molecule has 0 saturated heterocycles. The SMILES string of the molecule is C[C@@H](NC(=O)C1CCC(N)CC1)c1ccccn1. The van der Waals surface area contributed by atoms with Gasteiger partial charge in [-0.15, -0.1) is 0 Å². The van der Waals surface area contributed by atoms with E-state index in [9.17, 15) is 4.79 Å². The molecule has 3 N–H and O–H groups in total. The third-order valence-electron chi connectivity index (χ3n) is 3.63. The number of aromatic nitrogens is 1. The van der Waals surface area contributed by atoms with Crippen LogP contribution in [0.5, 0.6) is 0 Å². The van der Waals surface area contributed by atoms with E-state index in [0.717, 1.165) is 31.4 Å². The van der Waals surface area contributed by atoms with Gasteiger partial charge in [-0.3, -0.25) is 9.78 Å². The van der Waals surface area contributed by atoms with Crippen LogP contribution in [0.1, 0.15) is 44.3 Å². The van der Waals surface area contributed by atoms with Crippen molar-refractivity contribution in [1.82, 2.24) is 10.3 Å². The van der Waals surface area contributed by atoms with Crippen molar-refractivity contribution >= 4 is 5.91 Å². The summed E-state index contributed by atoms with van der Waals surface area (Å²) in [5.74, 6) is 0.260. The lowest BCUT2D eigenvalue weighted by Crippen LogP contribution is -2.37. The van der Waals surface area contributed by atoms with E-state index in [2.05, 4.69) is 10.3 Å². The zero-order valence-electron chi connectivity index (χ0n) is 10.8. The van der Waals surface area contributed by atoms with Gasteiger partial charge in [0.05, 0.1) is 11.7 Å². The van der Waals surface area contributed by atoms with Gasteiger partial charge in [0.15, 0.2) is 0 Å². The van der Waals surface area contributed by atoms with E-state index in [4.69, 9.17) is 5.73 Å². The highest BCUT2D eigenvalue weighted by molar-refractivity contribution is 5.79. The van der Waals surface area contributed by atoms with Crippen LogP contribution < -0.4 is 11.1 Å². The minimum atomic E-state index is -0.0331. The largest absolute Gasteiger partial charge is 0.348 e. The van der Waals surface area contributed by atoms with E-state index in [1.165, 1.54) is 0 Å². The number of carbonyl (C=O) groups excluding carboxylic acids is 1. The summed E-state index contributed by atoms with van der Waals surface area (Å²) < 4.78 is 0. The number of rotatable bonds is 3. The van der Waals surface area contributed by atoms with Gasteiger partial charge in [-0.1, -0.05) is 6.07 Å². The molecule has 1 atom stereocenters. The fraction of sp³-hybridized carbons (Fsp3) is 0.571. The predicted molar refractivity (Wildman–Crippen MR) is 70.7 cm³/mol. The molecule has 18 heavy (non-hydrogen) atoms. The highest BCUT2D eigenvalue weighted by atomic mass is 16.1. The molecule has 0 aliphatic heterocycles. The van der Waals surface area contributed by atoms with Crippen molar-refractivity contribution in [3.63, 3.8) is 0 Å². The molecule has 1 aliphatic carbocycles. The molecule has 0 spiro atoms. The monoisotopic (exact) mass is 247 g/mol. The highest BCUT2D eigenvalue weighted by Crippen LogP contribution is 2.24. The van der Waals surface area contributed by atoms with Crippen LogP contribution in [0.15, 0.2) is 24.4 Å². The van der Waals surface area contributed by atoms with E-state index in [1.54, 1.807) is 6.20 Å². The Morgan fingerprint density at radius 1 is 1.39 bits per heavy atom. The van der Waals surface area contributed by atoms with Crippen LogP contribution in [0.3, 0.4) is 0 Å². The molecular formula is C14H21N3O. The molecule has 1 saturated carbocycles. The van der Waals surface area contributed by atoms with Crippen molar-refractivity contribution < 1.29 is 4.79 Å². The minimum Gasteiger partial charge on any atom is -0.348 e. The van der Waals surface area contributed by atoms with Crippen LogP contribution in [0, 0.1) is 5.92 Å². The van der Waals surface area contributed by atoms with Gasteiger partial charge in [-0.05, 0) is 44.7 Å². The number of amides is 1. The number of carbonyl (C=O) groups is 1. The smallest absolute Gasteiger partial charge is 0.223 e. The summed E-state index contributed by atoms with van der Waals surface area (Å²) in [5, 5.41) is 3.04. The maximum Gasteiger partial charge on any atom is 0.223 e. The summed E-state index contributed by atoms with van der Waals surface area (Å²) in [5.41, 5.74) is 6.75. The fourth-order valence-electron chi connectivity index (χ4n) is 2.42. The average molecular weight is 247 g/mol. The Hall–Kier alpha value is -1.42. The second kappa shape index (κ2) is 5.96. The Morgan fingerprint density at radius 2 is 2.11 bits per heavy atom. The number of pyridine rings is 1. The van der Waals surface area contributed by atoms with Gasteiger partial charge in [0.25, 0.3) is 0 Å². The van der Waals surface area contributed by atoms with Gasteiger partial charge in [-0.25, -0.2) is 0 Å². The number of nitrogens with two attached hydrogens (primary N) is 1. The molecule has 1 aliphatic rings. The first kappa shape index (κ1) is 13.0. The second-order valence-corrected chi connectivity index (χ2v) is 5.10. The van der Waals surface area contributed by atoms with Crippen molar-refractivity contribution in [2.45, 2.75) is 44.7 Å². The van der Waals surface area contributed by atoms with E-state index in [-0.39, 0.29) is 23.9 Å². The molecule has 0 unspecified atom stereocenters. The molecule has 1 amide bonds. The summed E-state index contributed by atoms with van der Waals surface area (Å²) in [4.78, 5) is 16.4. The fourth-order valence-corrected chi connectivity index (χ4v) is 2.42. The molecule has 0 aromatic carbocycles. The lowest BCUT2D eigenvalue weighted by atomic mass is 9.86. The van der Waals surface area contributed by atoms with Crippen LogP contribution >= 0.6 is 0 Å². The lowest BCUT2D eigenvalue weighted by molar-refractivity contribution is -0.126. The van der Waals surface area contributed by atoms with E-state index >= 15 is 0 Å². The van der Waals surface area contributed by atoms with Crippen molar-refractivity contribution in [3.05, 3.63) is 30.1 Å². The first-order valence-electron chi connectivity index (χ1n) is 6.63. The first-order valence-corrected chi connectivity index (χ1v) is 6.63. The third kappa shape index (κ3) is 3.29. The molecule has 2 rings (SSSR count). The van der Waals surface area contributed by atoms with E-state index in [1.807, 2.05) is 25.1 Å². The van der Waals surface area contributed by atoms with Crippen molar-refractivity contribution in [2.24, 2.45) is 11.7 Å². The maximum absolute atomic E-state index is 12.1. The number of nitrogens with one attached hydrogen (secondary N) is 1. The average Bonchev–Trinajstić information content (AvgIpc) is 2.40. The normalized spacial score (nSPS) is 25.4. The molecule has 4 nitrogen and oxygen atoms in total. The van der Waals surface area contributed by atoms with Crippen molar-refractivity contribution in [1.29, 1.82) is 0 Å². The summed E-state index contributed by atoms with van der Waals surface area (Å²) in [7, 11) is 0. The molecule has 0 radical (unpaired) electrons. The Kier molecular flexibility index (Phi) is 4.31. The third-order valence-corrected chi connectivity index (χ3v) is 3.63. The topological polar surface area (TPSA) is 68.0 Å². The summed E-state index contributed by atoms with van der Waals surface area (Å²) >= 11 is 0. The first-order chi connectivity index (χ1) is 8.66. The van der Waals surface area contributed by atoms with Gasteiger partial charge in [0.1, 0.15) is 0 Å². The van der Waals surface area contributed by atoms with Crippen LogP contribution in [-0.2, 0) is 4.79 Å². The quantitative estimate of drug-likeness (QED) is 0.855. The molecule has 4 heteroatoms. The second-order valence-electron chi connectivity index (χ2n) is 5.10.